The van der Waals surface area contributed by atoms with E-state index in [1.165, 1.54) is 193 Å². The van der Waals surface area contributed by atoms with Gasteiger partial charge in [0.1, 0.15) is 13.2 Å². The maximum atomic E-state index is 12.8. The van der Waals surface area contributed by atoms with Gasteiger partial charge in [-0.1, -0.05) is 273 Å². The number of ether oxygens (including phenoxy) is 3. The normalized spacial score (nSPS) is 13.0. The number of hydrogen-bond donors (Lipinski definition) is 0. The topological polar surface area (TPSA) is 78.9 Å². The number of esters is 3. The lowest BCUT2D eigenvalue weighted by Gasteiger charge is -2.18. The fraction of sp³-hybridized carbons (Fsp3) is 0.947. The highest BCUT2D eigenvalue weighted by atomic mass is 16.6. The number of hydrogen-bond acceptors (Lipinski definition) is 6. The number of carbonyl (C=O) groups is 3. The minimum Gasteiger partial charge on any atom is -0.462 e. The van der Waals surface area contributed by atoms with Crippen LogP contribution in [0.25, 0.3) is 0 Å². The van der Waals surface area contributed by atoms with Crippen molar-refractivity contribution in [3.63, 3.8) is 0 Å². The molecule has 0 amide bonds. The molecule has 0 aromatic heterocycles. The molecule has 0 fully saturated rings. The Morgan fingerprint density at radius 3 is 0.825 bits per heavy atom. The zero-order chi connectivity index (χ0) is 46.3. The van der Waals surface area contributed by atoms with Crippen molar-refractivity contribution in [2.75, 3.05) is 13.2 Å². The van der Waals surface area contributed by atoms with Gasteiger partial charge >= 0.3 is 17.9 Å². The zero-order valence-electron chi connectivity index (χ0n) is 43.4. The molecule has 3 atom stereocenters. The molecule has 0 aliphatic carbocycles. The van der Waals surface area contributed by atoms with Gasteiger partial charge in [0.15, 0.2) is 6.10 Å². The molecule has 6 nitrogen and oxygen atoms in total. The molecular weight excluding hydrogens is 781 g/mol. The van der Waals surface area contributed by atoms with Gasteiger partial charge in [-0.05, 0) is 37.0 Å². The van der Waals surface area contributed by atoms with Gasteiger partial charge in [0, 0.05) is 19.3 Å². The molecule has 0 saturated carbocycles. The number of carbonyl (C=O) groups excluding carboxylic acids is 3. The summed E-state index contributed by atoms with van der Waals surface area (Å²) in [6.45, 7) is 13.8. The molecule has 0 heterocycles. The third kappa shape index (κ3) is 48.2. The van der Waals surface area contributed by atoms with Gasteiger partial charge in [0.2, 0.25) is 0 Å². The smallest absolute Gasteiger partial charge is 0.306 e. The first kappa shape index (κ1) is 61.4. The van der Waals surface area contributed by atoms with Crippen LogP contribution in [-0.4, -0.2) is 37.2 Å². The highest BCUT2D eigenvalue weighted by molar-refractivity contribution is 5.71. The maximum absolute atomic E-state index is 12.8. The molecule has 6 heteroatoms. The van der Waals surface area contributed by atoms with Crippen molar-refractivity contribution in [1.29, 1.82) is 0 Å². The Bertz CT molecular complexity index is 980. The molecule has 0 aromatic carbocycles. The summed E-state index contributed by atoms with van der Waals surface area (Å²) in [6, 6.07) is 0. The minimum absolute atomic E-state index is 0.0641. The predicted octanol–water partition coefficient (Wildman–Crippen LogP) is 18.3. The van der Waals surface area contributed by atoms with E-state index in [0.717, 1.165) is 75.5 Å². The molecule has 0 radical (unpaired) electrons. The summed E-state index contributed by atoms with van der Waals surface area (Å²) in [7, 11) is 0. The first-order valence-electron chi connectivity index (χ1n) is 28.2. The van der Waals surface area contributed by atoms with Crippen molar-refractivity contribution in [3.8, 4) is 0 Å². The van der Waals surface area contributed by atoms with Crippen LogP contribution in [0.4, 0.5) is 0 Å². The summed E-state index contributed by atoms with van der Waals surface area (Å²) < 4.78 is 16.9. The molecule has 63 heavy (non-hydrogen) atoms. The highest BCUT2D eigenvalue weighted by Crippen LogP contribution is 2.19. The van der Waals surface area contributed by atoms with Crippen molar-refractivity contribution in [2.45, 2.75) is 317 Å². The largest absolute Gasteiger partial charge is 0.462 e. The lowest BCUT2D eigenvalue weighted by Crippen LogP contribution is -2.30. The summed E-state index contributed by atoms with van der Waals surface area (Å²) in [6.07, 6.45) is 49.3. The van der Waals surface area contributed by atoms with Gasteiger partial charge in [-0.2, -0.15) is 0 Å². The van der Waals surface area contributed by atoms with E-state index in [0.29, 0.717) is 19.3 Å². The van der Waals surface area contributed by atoms with Crippen molar-refractivity contribution >= 4 is 17.9 Å². The average molecular weight is 892 g/mol. The van der Waals surface area contributed by atoms with Crippen LogP contribution in [0.2, 0.25) is 0 Å². The minimum atomic E-state index is -0.763. The monoisotopic (exact) mass is 891 g/mol. The second-order valence-electron chi connectivity index (χ2n) is 20.5. The van der Waals surface area contributed by atoms with Crippen LogP contribution in [-0.2, 0) is 28.6 Å². The van der Waals surface area contributed by atoms with Gasteiger partial charge in [-0.3, -0.25) is 14.4 Å². The molecule has 2 unspecified atom stereocenters. The summed E-state index contributed by atoms with van der Waals surface area (Å²) in [5.74, 6) is 1.73. The summed E-state index contributed by atoms with van der Waals surface area (Å²) >= 11 is 0. The number of unbranched alkanes of at least 4 members (excludes halogenated alkanes) is 31. The fourth-order valence-electron chi connectivity index (χ4n) is 8.58. The summed E-state index contributed by atoms with van der Waals surface area (Å²) in [5.41, 5.74) is 0. The third-order valence-corrected chi connectivity index (χ3v) is 13.6. The van der Waals surface area contributed by atoms with E-state index < -0.39 is 6.10 Å². The first-order chi connectivity index (χ1) is 30.7. The van der Waals surface area contributed by atoms with Crippen LogP contribution in [0.5, 0.6) is 0 Å². The quantitative estimate of drug-likeness (QED) is 0.0344. The maximum Gasteiger partial charge on any atom is 0.306 e. The molecule has 0 N–H and O–H groups in total. The van der Waals surface area contributed by atoms with E-state index in [9.17, 15) is 14.4 Å². The lowest BCUT2D eigenvalue weighted by molar-refractivity contribution is -0.167. The summed E-state index contributed by atoms with van der Waals surface area (Å²) in [5, 5.41) is 0. The first-order valence-corrected chi connectivity index (χ1v) is 28.2. The molecule has 0 aliphatic heterocycles. The molecular formula is C57H110O6. The highest BCUT2D eigenvalue weighted by Gasteiger charge is 2.19. The van der Waals surface area contributed by atoms with Crippen molar-refractivity contribution < 1.29 is 28.6 Å². The van der Waals surface area contributed by atoms with Gasteiger partial charge in [-0.25, -0.2) is 0 Å². The Labute approximate surface area is 393 Å². The van der Waals surface area contributed by atoms with Crippen molar-refractivity contribution in [3.05, 3.63) is 0 Å². The van der Waals surface area contributed by atoms with Gasteiger partial charge in [0.25, 0.3) is 0 Å². The Hall–Kier alpha value is -1.59. The van der Waals surface area contributed by atoms with E-state index in [4.69, 9.17) is 14.2 Å². The molecule has 0 aromatic rings. The summed E-state index contributed by atoms with van der Waals surface area (Å²) in [4.78, 5) is 38.1. The van der Waals surface area contributed by atoms with Crippen LogP contribution < -0.4 is 0 Å². The van der Waals surface area contributed by atoms with Crippen molar-refractivity contribution in [1.82, 2.24) is 0 Å². The SMILES string of the molecule is CCC(C)CCCCCCCCCCCCCCCCC(=O)OC[C@H](COC(=O)CCCCCCCCCCCCC(C)CC)OC(=O)CCCCCCCCCCCCC(C)C. The Balaban J connectivity index is 4.30. The Kier molecular flexibility index (Phi) is 47.1. The van der Waals surface area contributed by atoms with E-state index in [2.05, 4.69) is 41.5 Å². The molecule has 0 aliphatic rings. The number of rotatable bonds is 50. The van der Waals surface area contributed by atoms with Gasteiger partial charge in [-0.15, -0.1) is 0 Å². The second-order valence-corrected chi connectivity index (χ2v) is 20.5. The Morgan fingerprint density at radius 2 is 0.556 bits per heavy atom. The standard InChI is InChI=1S/C57H110O6/c1-7-52(5)44-38-32-26-20-13-11-9-10-12-14-22-28-34-40-46-55(58)61-49-54(63-57(60)48-42-36-30-24-17-15-19-25-31-37-43-51(3)4)50-62-56(59)47-41-35-29-23-18-16-21-27-33-39-45-53(6)8-2/h51-54H,7-50H2,1-6H3/t52?,53?,54-/m1/s1. The second kappa shape index (κ2) is 48.3. The average Bonchev–Trinajstić information content (AvgIpc) is 3.27. The third-order valence-electron chi connectivity index (χ3n) is 13.6. The lowest BCUT2D eigenvalue weighted by atomic mass is 9.99. The predicted molar refractivity (Wildman–Crippen MR) is 270 cm³/mol. The molecule has 0 spiro atoms. The Morgan fingerprint density at radius 1 is 0.317 bits per heavy atom. The van der Waals surface area contributed by atoms with E-state index in [1.54, 1.807) is 0 Å². The molecule has 0 rings (SSSR count). The molecule has 0 saturated heterocycles. The van der Waals surface area contributed by atoms with E-state index >= 15 is 0 Å². The zero-order valence-corrected chi connectivity index (χ0v) is 43.4. The van der Waals surface area contributed by atoms with Crippen molar-refractivity contribution in [2.24, 2.45) is 17.8 Å². The van der Waals surface area contributed by atoms with Crippen LogP contribution in [0, 0.1) is 17.8 Å². The van der Waals surface area contributed by atoms with E-state index in [-0.39, 0.29) is 31.1 Å². The van der Waals surface area contributed by atoms with Gasteiger partial charge in [0.05, 0.1) is 0 Å². The fourth-order valence-corrected chi connectivity index (χ4v) is 8.58. The van der Waals surface area contributed by atoms with E-state index in [1.807, 2.05) is 0 Å². The molecule has 374 valence electrons. The van der Waals surface area contributed by atoms with Crippen LogP contribution >= 0.6 is 0 Å². The van der Waals surface area contributed by atoms with Gasteiger partial charge < -0.3 is 14.2 Å². The molecule has 0 bridgehead atoms. The van der Waals surface area contributed by atoms with Crippen LogP contribution in [0.15, 0.2) is 0 Å². The van der Waals surface area contributed by atoms with Crippen LogP contribution in [0.1, 0.15) is 311 Å². The van der Waals surface area contributed by atoms with Crippen LogP contribution in [0.3, 0.4) is 0 Å².